The van der Waals surface area contributed by atoms with E-state index in [1.807, 2.05) is 23.1 Å². The van der Waals surface area contributed by atoms with Gasteiger partial charge in [-0.3, -0.25) is 4.79 Å². The van der Waals surface area contributed by atoms with Crippen LogP contribution in [0.15, 0.2) is 59.5 Å². The van der Waals surface area contributed by atoms with Crippen LogP contribution >= 0.6 is 0 Å². The van der Waals surface area contributed by atoms with Crippen LogP contribution in [0.4, 0.5) is 0 Å². The maximum atomic E-state index is 13.5. The Bertz CT molecular complexity index is 1010. The van der Waals surface area contributed by atoms with Crippen molar-refractivity contribution in [2.75, 3.05) is 26.7 Å². The molecule has 2 saturated heterocycles. The van der Waals surface area contributed by atoms with Crippen LogP contribution in [0.3, 0.4) is 0 Å². The first-order valence-electron chi connectivity index (χ1n) is 11.0. The summed E-state index contributed by atoms with van der Waals surface area (Å²) < 4.78 is 33.4. The van der Waals surface area contributed by atoms with Gasteiger partial charge in [-0.1, -0.05) is 42.5 Å². The summed E-state index contributed by atoms with van der Waals surface area (Å²) in [5, 5.41) is 0. The molecule has 2 heterocycles. The molecule has 2 fully saturated rings. The first-order chi connectivity index (χ1) is 15.0. The van der Waals surface area contributed by atoms with Crippen molar-refractivity contribution in [2.45, 2.75) is 43.0 Å². The topological polar surface area (TPSA) is 66.9 Å². The van der Waals surface area contributed by atoms with E-state index < -0.39 is 10.0 Å². The second-order valence-electron chi connectivity index (χ2n) is 8.31. The number of carbonyl (C=O) groups is 1. The summed E-state index contributed by atoms with van der Waals surface area (Å²) in [6, 6.07) is 16.9. The number of nitrogens with zero attached hydrogens (tertiary/aromatic N) is 2. The Morgan fingerprint density at radius 1 is 0.935 bits per heavy atom. The molecule has 2 aromatic carbocycles. The molecule has 0 aliphatic carbocycles. The predicted octanol–water partition coefficient (Wildman–Crippen LogP) is 3.85. The molecule has 2 aromatic rings. The number of sulfonamides is 1. The monoisotopic (exact) mass is 442 g/mol. The summed E-state index contributed by atoms with van der Waals surface area (Å²) in [6.45, 7) is 1.37. The van der Waals surface area contributed by atoms with E-state index in [1.165, 1.54) is 11.4 Å². The van der Waals surface area contributed by atoms with Crippen molar-refractivity contribution in [1.82, 2.24) is 9.21 Å². The maximum absolute atomic E-state index is 13.5. The van der Waals surface area contributed by atoms with Gasteiger partial charge >= 0.3 is 0 Å². The molecule has 0 saturated carbocycles. The van der Waals surface area contributed by atoms with E-state index in [-0.39, 0.29) is 29.3 Å². The van der Waals surface area contributed by atoms with E-state index in [0.29, 0.717) is 18.7 Å². The van der Waals surface area contributed by atoms with Crippen molar-refractivity contribution >= 4 is 15.9 Å². The van der Waals surface area contributed by atoms with Crippen LogP contribution in [-0.2, 0) is 14.8 Å². The summed E-state index contributed by atoms with van der Waals surface area (Å²) in [4.78, 5) is 15.7. The highest BCUT2D eigenvalue weighted by atomic mass is 32.2. The van der Waals surface area contributed by atoms with E-state index in [4.69, 9.17) is 4.74 Å². The zero-order valence-electron chi connectivity index (χ0n) is 17.9. The molecule has 4 rings (SSSR count). The maximum Gasteiger partial charge on any atom is 0.246 e. The fourth-order valence-corrected chi connectivity index (χ4v) is 6.46. The van der Waals surface area contributed by atoms with Crippen LogP contribution in [-0.4, -0.2) is 50.3 Å². The first-order valence-corrected chi connectivity index (χ1v) is 12.4. The predicted molar refractivity (Wildman–Crippen MR) is 119 cm³/mol. The standard InChI is InChI=1S/C24H30N2O4S/c1-30-22-14-5-6-15-23(22)31(28,29)25-16-9-12-20(18-25)24(27)26-17-8-7-13-21(26)19-10-3-2-4-11-19/h2-6,10-11,14-15,20-21H,7-9,12-13,16-18H2,1H3. The van der Waals surface area contributed by atoms with Crippen LogP contribution in [0.5, 0.6) is 5.75 Å². The van der Waals surface area contributed by atoms with Crippen LogP contribution in [0.2, 0.25) is 0 Å². The number of hydrogen-bond acceptors (Lipinski definition) is 4. The number of piperidine rings is 2. The molecule has 6 nitrogen and oxygen atoms in total. The van der Waals surface area contributed by atoms with E-state index in [2.05, 4.69) is 12.1 Å². The van der Waals surface area contributed by atoms with Gasteiger partial charge in [0, 0.05) is 19.6 Å². The fourth-order valence-electron chi connectivity index (χ4n) is 4.78. The van der Waals surface area contributed by atoms with Gasteiger partial charge in [0.05, 0.1) is 19.1 Å². The number of methoxy groups -OCH3 is 1. The lowest BCUT2D eigenvalue weighted by Crippen LogP contribution is -2.48. The minimum absolute atomic E-state index is 0.0728. The molecule has 0 N–H and O–H groups in total. The average Bonchev–Trinajstić information content (AvgIpc) is 2.84. The molecule has 31 heavy (non-hydrogen) atoms. The number of amides is 1. The van der Waals surface area contributed by atoms with Gasteiger partial charge in [-0.2, -0.15) is 4.31 Å². The molecule has 2 unspecified atom stereocenters. The van der Waals surface area contributed by atoms with Crippen LogP contribution < -0.4 is 4.74 Å². The first kappa shape index (κ1) is 21.8. The SMILES string of the molecule is COc1ccccc1S(=O)(=O)N1CCCC(C(=O)N2CCCCC2c2ccccc2)C1. The lowest BCUT2D eigenvalue weighted by Gasteiger charge is -2.40. The van der Waals surface area contributed by atoms with Crippen molar-refractivity contribution in [1.29, 1.82) is 0 Å². The molecule has 7 heteroatoms. The normalized spacial score (nSPS) is 22.8. The minimum Gasteiger partial charge on any atom is -0.495 e. The van der Waals surface area contributed by atoms with E-state index >= 15 is 0 Å². The van der Waals surface area contributed by atoms with Crippen molar-refractivity contribution < 1.29 is 17.9 Å². The Hall–Kier alpha value is -2.38. The molecule has 0 bridgehead atoms. The average molecular weight is 443 g/mol. The number of carbonyl (C=O) groups excluding carboxylic acids is 1. The number of ether oxygens (including phenoxy) is 1. The highest BCUT2D eigenvalue weighted by molar-refractivity contribution is 7.89. The number of para-hydroxylation sites is 1. The van der Waals surface area contributed by atoms with E-state index in [0.717, 1.165) is 37.8 Å². The van der Waals surface area contributed by atoms with E-state index in [9.17, 15) is 13.2 Å². The van der Waals surface area contributed by atoms with Gasteiger partial charge < -0.3 is 9.64 Å². The Morgan fingerprint density at radius 3 is 2.45 bits per heavy atom. The van der Waals surface area contributed by atoms with Crippen molar-refractivity contribution in [2.24, 2.45) is 5.92 Å². The van der Waals surface area contributed by atoms with Crippen molar-refractivity contribution in [3.8, 4) is 5.75 Å². The molecule has 0 spiro atoms. The highest BCUT2D eigenvalue weighted by Gasteiger charge is 2.38. The van der Waals surface area contributed by atoms with Gasteiger partial charge in [0.1, 0.15) is 10.6 Å². The summed E-state index contributed by atoms with van der Waals surface area (Å²) >= 11 is 0. The largest absolute Gasteiger partial charge is 0.495 e. The van der Waals surface area contributed by atoms with Gasteiger partial charge in [-0.25, -0.2) is 8.42 Å². The number of hydrogen-bond donors (Lipinski definition) is 0. The molecule has 166 valence electrons. The third-order valence-corrected chi connectivity index (χ3v) is 8.30. The third-order valence-electron chi connectivity index (χ3n) is 6.39. The lowest BCUT2D eigenvalue weighted by atomic mass is 9.91. The summed E-state index contributed by atoms with van der Waals surface area (Å²) in [7, 11) is -2.26. The molecule has 0 radical (unpaired) electrons. The molecule has 0 aromatic heterocycles. The smallest absolute Gasteiger partial charge is 0.246 e. The Labute approximate surface area is 184 Å². The zero-order chi connectivity index (χ0) is 21.8. The van der Waals surface area contributed by atoms with Crippen LogP contribution in [0.1, 0.15) is 43.7 Å². The van der Waals surface area contributed by atoms with Gasteiger partial charge in [0.15, 0.2) is 0 Å². The number of likely N-dealkylation sites (tertiary alicyclic amines) is 1. The Kier molecular flexibility index (Phi) is 6.62. The molecule has 2 atom stereocenters. The molecule has 2 aliphatic rings. The van der Waals surface area contributed by atoms with E-state index in [1.54, 1.807) is 24.3 Å². The minimum atomic E-state index is -3.73. The van der Waals surface area contributed by atoms with Gasteiger partial charge in [0.25, 0.3) is 0 Å². The molecule has 2 aliphatic heterocycles. The summed E-state index contributed by atoms with van der Waals surface area (Å²) in [6.07, 6.45) is 4.43. The summed E-state index contributed by atoms with van der Waals surface area (Å²) in [5.74, 6) is 0.0900. The second-order valence-corrected chi connectivity index (χ2v) is 10.2. The quantitative estimate of drug-likeness (QED) is 0.705. The van der Waals surface area contributed by atoms with Crippen LogP contribution in [0.25, 0.3) is 0 Å². The fraction of sp³-hybridized carbons (Fsp3) is 0.458. The highest BCUT2D eigenvalue weighted by Crippen LogP contribution is 2.35. The third kappa shape index (κ3) is 4.48. The molecule has 1 amide bonds. The Balaban J connectivity index is 1.54. The molecular formula is C24H30N2O4S. The van der Waals surface area contributed by atoms with Gasteiger partial charge in [-0.15, -0.1) is 0 Å². The van der Waals surface area contributed by atoms with Crippen molar-refractivity contribution in [3.05, 3.63) is 60.2 Å². The van der Waals surface area contributed by atoms with Crippen molar-refractivity contribution in [3.63, 3.8) is 0 Å². The lowest BCUT2D eigenvalue weighted by molar-refractivity contribution is -0.140. The zero-order valence-corrected chi connectivity index (χ0v) is 18.8. The van der Waals surface area contributed by atoms with Gasteiger partial charge in [0.2, 0.25) is 15.9 Å². The number of rotatable bonds is 5. The second kappa shape index (κ2) is 9.40. The summed E-state index contributed by atoms with van der Waals surface area (Å²) in [5.41, 5.74) is 1.16. The number of benzene rings is 2. The Morgan fingerprint density at radius 2 is 1.68 bits per heavy atom. The van der Waals surface area contributed by atoms with Gasteiger partial charge in [-0.05, 0) is 49.8 Å². The molecular weight excluding hydrogens is 412 g/mol. The van der Waals surface area contributed by atoms with Crippen LogP contribution in [0, 0.1) is 5.92 Å².